The second-order valence-corrected chi connectivity index (χ2v) is 14.3. The minimum absolute atomic E-state index is 0.0564. The number of thiazole rings is 1. The first-order valence-electron chi connectivity index (χ1n) is 14.5. The average molecular weight is 839 g/mol. The van der Waals surface area contributed by atoms with E-state index in [4.69, 9.17) is 19.2 Å². The Labute approximate surface area is 292 Å². The van der Waals surface area contributed by atoms with Crippen molar-refractivity contribution >= 4 is 68.3 Å². The SMILES string of the molecule is COc1ccc([C@H]2C3=C(N=c4s/c(=C/c5cccc(COc6ccc(I)cc6I)c5)c(=O)n42)c2ccccc2CC3)cc1OC. The first kappa shape index (κ1) is 30.2. The summed E-state index contributed by atoms with van der Waals surface area (Å²) in [5.74, 6) is 2.14. The zero-order chi connectivity index (χ0) is 31.1. The lowest BCUT2D eigenvalue weighted by molar-refractivity contribution is 0.304. The number of halogens is 2. The second kappa shape index (κ2) is 12.8. The number of benzene rings is 4. The number of aryl methyl sites for hydroxylation is 1. The van der Waals surface area contributed by atoms with Crippen LogP contribution in [-0.2, 0) is 13.0 Å². The minimum atomic E-state index is -0.303. The molecule has 45 heavy (non-hydrogen) atoms. The van der Waals surface area contributed by atoms with Crippen LogP contribution in [0.2, 0.25) is 0 Å². The molecule has 1 aliphatic carbocycles. The van der Waals surface area contributed by atoms with Gasteiger partial charge in [0.2, 0.25) is 0 Å². The van der Waals surface area contributed by atoms with Crippen LogP contribution in [0.25, 0.3) is 11.8 Å². The Balaban J connectivity index is 1.32. The summed E-state index contributed by atoms with van der Waals surface area (Å²) >= 11 is 6.03. The van der Waals surface area contributed by atoms with Gasteiger partial charge in [-0.1, -0.05) is 59.9 Å². The highest BCUT2D eigenvalue weighted by Crippen LogP contribution is 2.42. The van der Waals surface area contributed by atoms with Gasteiger partial charge in [-0.3, -0.25) is 9.36 Å². The standard InChI is InChI=1S/C36H28I2N2O4S/c1-42-30-14-11-24(18-31(30)43-2)34-27-13-10-23-8-3-4-9-26(23)33(27)39-36-40(34)35(41)32(45-36)17-21-6-5-7-22(16-21)20-44-29-15-12-25(37)19-28(29)38/h3-9,11-12,14-19,34H,10,13,20H2,1-2H3/b32-17+/t34-/m0/s1. The van der Waals surface area contributed by atoms with Crippen molar-refractivity contribution in [2.75, 3.05) is 14.2 Å². The summed E-state index contributed by atoms with van der Waals surface area (Å²) in [5.41, 5.74) is 7.40. The van der Waals surface area contributed by atoms with Gasteiger partial charge in [0.1, 0.15) is 12.4 Å². The van der Waals surface area contributed by atoms with Gasteiger partial charge in [0.25, 0.3) is 5.56 Å². The number of hydrogen-bond acceptors (Lipinski definition) is 6. The first-order valence-corrected chi connectivity index (χ1v) is 17.4. The van der Waals surface area contributed by atoms with Crippen molar-refractivity contribution in [2.45, 2.75) is 25.5 Å². The second-order valence-electron chi connectivity index (χ2n) is 10.8. The third kappa shape index (κ3) is 5.85. The molecule has 1 aliphatic heterocycles. The highest BCUT2D eigenvalue weighted by molar-refractivity contribution is 14.1. The Morgan fingerprint density at radius 3 is 2.56 bits per heavy atom. The lowest BCUT2D eigenvalue weighted by Crippen LogP contribution is -2.38. The lowest BCUT2D eigenvalue weighted by Gasteiger charge is -2.31. The normalized spacial score (nSPS) is 15.6. The van der Waals surface area contributed by atoms with E-state index >= 15 is 0 Å². The van der Waals surface area contributed by atoms with Gasteiger partial charge in [0, 0.05) is 9.13 Å². The summed E-state index contributed by atoms with van der Waals surface area (Å²) in [6, 6.07) is 28.3. The van der Waals surface area contributed by atoms with Gasteiger partial charge in [-0.2, -0.15) is 0 Å². The zero-order valence-electron chi connectivity index (χ0n) is 24.6. The molecule has 0 saturated heterocycles. The Bertz CT molecular complexity index is 2170. The summed E-state index contributed by atoms with van der Waals surface area (Å²) in [5, 5.41) is 0. The van der Waals surface area contributed by atoms with Crippen molar-refractivity contribution in [3.8, 4) is 17.2 Å². The number of rotatable bonds is 7. The van der Waals surface area contributed by atoms with E-state index in [9.17, 15) is 4.79 Å². The van der Waals surface area contributed by atoms with Crippen LogP contribution in [0.1, 0.15) is 40.3 Å². The number of nitrogens with zero attached hydrogens (tertiary/aromatic N) is 2. The zero-order valence-corrected chi connectivity index (χ0v) is 29.7. The summed E-state index contributed by atoms with van der Waals surface area (Å²) in [6.45, 7) is 0.435. The van der Waals surface area contributed by atoms with Crippen molar-refractivity contribution in [3.05, 3.63) is 145 Å². The molecule has 0 spiro atoms. The Morgan fingerprint density at radius 1 is 0.911 bits per heavy atom. The van der Waals surface area contributed by atoms with Gasteiger partial charge < -0.3 is 14.2 Å². The van der Waals surface area contributed by atoms with Gasteiger partial charge in [-0.05, 0) is 128 Å². The molecule has 0 radical (unpaired) electrons. The molecule has 6 nitrogen and oxygen atoms in total. The number of hydrogen-bond donors (Lipinski definition) is 0. The Hall–Kier alpha value is -3.42. The third-order valence-electron chi connectivity index (χ3n) is 8.13. The maximum atomic E-state index is 14.2. The molecule has 0 saturated carbocycles. The van der Waals surface area contributed by atoms with E-state index < -0.39 is 0 Å². The van der Waals surface area contributed by atoms with Gasteiger partial charge in [-0.25, -0.2) is 4.99 Å². The molecule has 4 aromatic carbocycles. The highest BCUT2D eigenvalue weighted by Gasteiger charge is 2.33. The van der Waals surface area contributed by atoms with Crippen LogP contribution < -0.4 is 29.1 Å². The fourth-order valence-electron chi connectivity index (χ4n) is 6.02. The van der Waals surface area contributed by atoms with E-state index in [0.717, 1.165) is 55.7 Å². The Kier molecular flexibility index (Phi) is 8.58. The first-order chi connectivity index (χ1) is 21.9. The van der Waals surface area contributed by atoms with E-state index in [1.165, 1.54) is 20.5 Å². The van der Waals surface area contributed by atoms with Crippen molar-refractivity contribution in [2.24, 2.45) is 4.99 Å². The van der Waals surface area contributed by atoms with Crippen LogP contribution in [0.4, 0.5) is 0 Å². The van der Waals surface area contributed by atoms with Crippen LogP contribution in [0, 0.1) is 7.14 Å². The third-order valence-corrected chi connectivity index (χ3v) is 10.6. The molecule has 2 aliphatic rings. The molecule has 1 atom stereocenters. The van der Waals surface area contributed by atoms with Crippen LogP contribution in [0.15, 0.2) is 100 Å². The summed E-state index contributed by atoms with van der Waals surface area (Å²) in [4.78, 5) is 20.1. The molecule has 2 heterocycles. The van der Waals surface area contributed by atoms with Gasteiger partial charge in [-0.15, -0.1) is 0 Å². The quantitative estimate of drug-likeness (QED) is 0.164. The van der Waals surface area contributed by atoms with Crippen LogP contribution in [-0.4, -0.2) is 18.8 Å². The summed E-state index contributed by atoms with van der Waals surface area (Å²) in [6.07, 6.45) is 3.68. The predicted octanol–water partition coefficient (Wildman–Crippen LogP) is 7.12. The van der Waals surface area contributed by atoms with Crippen molar-refractivity contribution in [1.29, 1.82) is 0 Å². The summed E-state index contributed by atoms with van der Waals surface area (Å²) in [7, 11) is 3.26. The monoisotopic (exact) mass is 838 g/mol. The molecule has 9 heteroatoms. The van der Waals surface area contributed by atoms with Crippen LogP contribution >= 0.6 is 56.5 Å². The molecule has 0 N–H and O–H groups in total. The van der Waals surface area contributed by atoms with Crippen molar-refractivity contribution in [1.82, 2.24) is 4.57 Å². The maximum Gasteiger partial charge on any atom is 0.271 e. The molecule has 5 aromatic rings. The number of allylic oxidation sites excluding steroid dienone is 1. The van der Waals surface area contributed by atoms with Crippen molar-refractivity contribution in [3.63, 3.8) is 0 Å². The van der Waals surface area contributed by atoms with Gasteiger partial charge >= 0.3 is 0 Å². The van der Waals surface area contributed by atoms with E-state index in [2.05, 4.69) is 81.6 Å². The fraction of sp³-hybridized carbons (Fsp3) is 0.167. The van der Waals surface area contributed by atoms with Crippen LogP contribution in [0.5, 0.6) is 17.2 Å². The Morgan fingerprint density at radius 2 is 1.73 bits per heavy atom. The number of fused-ring (bicyclic) bond motifs is 3. The van der Waals surface area contributed by atoms with E-state index in [0.29, 0.717) is 27.4 Å². The van der Waals surface area contributed by atoms with Gasteiger partial charge in [0.15, 0.2) is 16.3 Å². The summed E-state index contributed by atoms with van der Waals surface area (Å²) < 4.78 is 22.1. The van der Waals surface area contributed by atoms with E-state index in [1.807, 2.05) is 59.2 Å². The number of methoxy groups -OCH3 is 2. The van der Waals surface area contributed by atoms with E-state index in [1.54, 1.807) is 14.2 Å². The lowest BCUT2D eigenvalue weighted by atomic mass is 9.83. The molecule has 0 fully saturated rings. The molecule has 0 bridgehead atoms. The maximum absolute atomic E-state index is 14.2. The average Bonchev–Trinajstić information content (AvgIpc) is 3.36. The molecule has 1 aromatic heterocycles. The molecule has 7 rings (SSSR count). The molecular weight excluding hydrogens is 810 g/mol. The molecule has 226 valence electrons. The smallest absolute Gasteiger partial charge is 0.271 e. The van der Waals surface area contributed by atoms with Gasteiger partial charge in [0.05, 0.1) is 34.1 Å². The number of aromatic nitrogens is 1. The largest absolute Gasteiger partial charge is 0.493 e. The van der Waals surface area contributed by atoms with Crippen LogP contribution in [0.3, 0.4) is 0 Å². The highest BCUT2D eigenvalue weighted by atomic mass is 127. The minimum Gasteiger partial charge on any atom is -0.493 e. The molecule has 0 unspecified atom stereocenters. The molecule has 0 amide bonds. The van der Waals surface area contributed by atoms with Crippen molar-refractivity contribution < 1.29 is 14.2 Å². The number of ether oxygens (including phenoxy) is 3. The molecular formula is C36H28I2N2O4S. The topological polar surface area (TPSA) is 62.0 Å². The van der Waals surface area contributed by atoms with E-state index in [-0.39, 0.29) is 11.6 Å². The fourth-order valence-corrected chi connectivity index (χ4v) is 8.78. The predicted molar refractivity (Wildman–Crippen MR) is 195 cm³/mol.